The van der Waals surface area contributed by atoms with E-state index in [1.165, 1.54) is 18.5 Å². The number of hydrogen-bond donors (Lipinski definition) is 0. The number of alkyl halides is 1. The Morgan fingerprint density at radius 2 is 2.29 bits per heavy atom. The van der Waals surface area contributed by atoms with Gasteiger partial charge in [0.2, 0.25) is 0 Å². The van der Waals surface area contributed by atoms with E-state index in [9.17, 15) is 0 Å². The lowest BCUT2D eigenvalue weighted by Gasteiger charge is -2.23. The molecule has 1 saturated heterocycles. The number of hydrogen-bond acceptors (Lipinski definition) is 2. The predicted molar refractivity (Wildman–Crippen MR) is 74.5 cm³/mol. The van der Waals surface area contributed by atoms with Gasteiger partial charge in [0.05, 0.1) is 15.9 Å². The maximum absolute atomic E-state index is 6.01. The fourth-order valence-electron chi connectivity index (χ4n) is 2.49. The van der Waals surface area contributed by atoms with Gasteiger partial charge in [0.15, 0.2) is 0 Å². The first-order valence-electron chi connectivity index (χ1n) is 6.19. The summed E-state index contributed by atoms with van der Waals surface area (Å²) in [5.74, 6) is 0.733. The lowest BCUT2D eigenvalue weighted by atomic mass is 10.2. The molecule has 1 aliphatic heterocycles. The summed E-state index contributed by atoms with van der Waals surface area (Å²) in [5.41, 5.74) is 2.35. The van der Waals surface area contributed by atoms with Gasteiger partial charge in [-0.05, 0) is 49.2 Å². The van der Waals surface area contributed by atoms with Crippen LogP contribution in [0.25, 0.3) is 0 Å². The zero-order valence-corrected chi connectivity index (χ0v) is 12.8. The fourth-order valence-corrected chi connectivity index (χ4v) is 3.25. The third-order valence-corrected chi connectivity index (χ3v) is 4.87. The molecule has 1 unspecified atom stereocenters. The first-order valence-corrected chi connectivity index (χ1v) is 7.52. The molecule has 1 fully saturated rings. The molecule has 0 N–H and O–H groups in total. The third kappa shape index (κ3) is 2.69. The van der Waals surface area contributed by atoms with E-state index < -0.39 is 0 Å². The molecule has 0 bridgehead atoms. The molecule has 1 aliphatic rings. The van der Waals surface area contributed by atoms with Gasteiger partial charge in [-0.1, -0.05) is 0 Å². The van der Waals surface area contributed by atoms with Gasteiger partial charge in [0.25, 0.3) is 0 Å². The Morgan fingerprint density at radius 3 is 2.94 bits per heavy atom. The zero-order valence-electron chi connectivity index (χ0n) is 10.4. The van der Waals surface area contributed by atoms with Crippen LogP contribution >= 0.6 is 27.5 Å². The van der Waals surface area contributed by atoms with Crippen LogP contribution in [0.15, 0.2) is 4.47 Å². The van der Waals surface area contributed by atoms with E-state index in [1.54, 1.807) is 0 Å². The lowest BCUT2D eigenvalue weighted by Crippen LogP contribution is -2.31. The summed E-state index contributed by atoms with van der Waals surface area (Å²) in [6.07, 6.45) is 2.48. The highest BCUT2D eigenvalue weighted by atomic mass is 79.9. The molecule has 5 heteroatoms. The average Bonchev–Trinajstić information content (AvgIpc) is 2.88. The van der Waals surface area contributed by atoms with Gasteiger partial charge in [-0.25, -0.2) is 0 Å². The van der Waals surface area contributed by atoms with Crippen molar-refractivity contribution in [2.75, 3.05) is 12.4 Å². The monoisotopic (exact) mass is 319 g/mol. The maximum atomic E-state index is 6.01. The Balaban J connectivity index is 2.17. The lowest BCUT2D eigenvalue weighted by molar-refractivity contribution is 0.254. The first kappa shape index (κ1) is 13.4. The SMILES string of the molecule is CCn1nc(C)c(Br)c1CN1CCCC1CCl. The Hall–Kier alpha value is -0.0600. The molecule has 1 aromatic rings. The Morgan fingerprint density at radius 1 is 1.53 bits per heavy atom. The number of aryl methyl sites for hydroxylation is 2. The molecular formula is C12H19BrClN3. The van der Waals surface area contributed by atoms with Crippen molar-refractivity contribution in [1.82, 2.24) is 14.7 Å². The second-order valence-corrected chi connectivity index (χ2v) is 5.68. The van der Waals surface area contributed by atoms with E-state index in [1.807, 2.05) is 6.92 Å². The molecule has 0 saturated carbocycles. The fraction of sp³-hybridized carbons (Fsp3) is 0.750. The minimum atomic E-state index is 0.532. The van der Waals surface area contributed by atoms with Crippen molar-refractivity contribution >= 4 is 27.5 Å². The van der Waals surface area contributed by atoms with E-state index in [2.05, 4.69) is 37.5 Å². The van der Waals surface area contributed by atoms with Crippen LogP contribution in [0.4, 0.5) is 0 Å². The number of rotatable bonds is 4. The normalized spacial score (nSPS) is 21.3. The van der Waals surface area contributed by atoms with E-state index >= 15 is 0 Å². The van der Waals surface area contributed by atoms with Crippen LogP contribution in [-0.2, 0) is 13.1 Å². The summed E-state index contributed by atoms with van der Waals surface area (Å²) in [5, 5.41) is 4.53. The third-order valence-electron chi connectivity index (χ3n) is 3.48. The average molecular weight is 321 g/mol. The standard InChI is InChI=1S/C12H19BrClN3/c1-3-17-11(12(13)9(2)15-17)8-16-6-4-5-10(16)7-14/h10H,3-8H2,1-2H3. The van der Waals surface area contributed by atoms with Crippen molar-refractivity contribution in [3.8, 4) is 0 Å². The van der Waals surface area contributed by atoms with Crippen molar-refractivity contribution in [3.05, 3.63) is 15.9 Å². The summed E-state index contributed by atoms with van der Waals surface area (Å²) in [6, 6.07) is 0.532. The van der Waals surface area contributed by atoms with Gasteiger partial charge in [-0.2, -0.15) is 5.10 Å². The summed E-state index contributed by atoms with van der Waals surface area (Å²) < 4.78 is 3.24. The molecule has 96 valence electrons. The molecule has 2 heterocycles. The van der Waals surface area contributed by atoms with Crippen LogP contribution in [0.2, 0.25) is 0 Å². The van der Waals surface area contributed by atoms with Crippen LogP contribution < -0.4 is 0 Å². The quantitative estimate of drug-likeness (QED) is 0.795. The predicted octanol–water partition coefficient (Wildman–Crippen LogP) is 3.18. The van der Waals surface area contributed by atoms with Crippen LogP contribution in [0.5, 0.6) is 0 Å². The largest absolute Gasteiger partial charge is 0.293 e. The van der Waals surface area contributed by atoms with Gasteiger partial charge in [-0.3, -0.25) is 9.58 Å². The van der Waals surface area contributed by atoms with Crippen LogP contribution in [-0.4, -0.2) is 33.1 Å². The minimum Gasteiger partial charge on any atom is -0.293 e. The van der Waals surface area contributed by atoms with Crippen molar-refractivity contribution in [1.29, 1.82) is 0 Å². The molecular weight excluding hydrogens is 302 g/mol. The van der Waals surface area contributed by atoms with E-state index in [0.717, 1.165) is 35.7 Å². The second-order valence-electron chi connectivity index (χ2n) is 4.58. The highest BCUT2D eigenvalue weighted by Crippen LogP contribution is 2.26. The molecule has 17 heavy (non-hydrogen) atoms. The Labute approximate surface area is 116 Å². The molecule has 0 aromatic carbocycles. The molecule has 0 aliphatic carbocycles. The molecule has 2 rings (SSSR count). The van der Waals surface area contributed by atoms with Gasteiger partial charge < -0.3 is 0 Å². The summed E-state index contributed by atoms with van der Waals surface area (Å²) in [6.45, 7) is 7.19. The number of halogens is 2. The van der Waals surface area contributed by atoms with E-state index in [4.69, 9.17) is 11.6 Å². The molecule has 0 amide bonds. The van der Waals surface area contributed by atoms with Crippen molar-refractivity contribution in [2.24, 2.45) is 0 Å². The molecule has 1 aromatic heterocycles. The van der Waals surface area contributed by atoms with E-state index in [-0.39, 0.29) is 0 Å². The Bertz CT molecular complexity index is 391. The zero-order chi connectivity index (χ0) is 12.4. The van der Waals surface area contributed by atoms with Gasteiger partial charge in [0.1, 0.15) is 0 Å². The number of aromatic nitrogens is 2. The Kier molecular flexibility index (Phi) is 4.50. The summed E-state index contributed by atoms with van der Waals surface area (Å²) in [7, 11) is 0. The van der Waals surface area contributed by atoms with Crippen LogP contribution in [0, 0.1) is 6.92 Å². The summed E-state index contributed by atoms with van der Waals surface area (Å²) >= 11 is 9.66. The minimum absolute atomic E-state index is 0.532. The maximum Gasteiger partial charge on any atom is 0.0739 e. The number of nitrogens with zero attached hydrogens (tertiary/aromatic N) is 3. The highest BCUT2D eigenvalue weighted by Gasteiger charge is 2.25. The van der Waals surface area contributed by atoms with Crippen LogP contribution in [0.1, 0.15) is 31.2 Å². The first-order chi connectivity index (χ1) is 8.17. The van der Waals surface area contributed by atoms with Gasteiger partial charge in [-0.15, -0.1) is 11.6 Å². The smallest absolute Gasteiger partial charge is 0.0739 e. The van der Waals surface area contributed by atoms with Gasteiger partial charge >= 0.3 is 0 Å². The van der Waals surface area contributed by atoms with Crippen molar-refractivity contribution < 1.29 is 0 Å². The van der Waals surface area contributed by atoms with E-state index in [0.29, 0.717) is 6.04 Å². The number of likely N-dealkylation sites (tertiary alicyclic amines) is 1. The van der Waals surface area contributed by atoms with Crippen molar-refractivity contribution in [2.45, 2.75) is 45.8 Å². The molecule has 1 atom stereocenters. The van der Waals surface area contributed by atoms with Crippen molar-refractivity contribution in [3.63, 3.8) is 0 Å². The highest BCUT2D eigenvalue weighted by molar-refractivity contribution is 9.10. The summed E-state index contributed by atoms with van der Waals surface area (Å²) in [4.78, 5) is 2.47. The van der Waals surface area contributed by atoms with Gasteiger partial charge in [0, 0.05) is 25.0 Å². The molecule has 0 radical (unpaired) electrons. The molecule has 3 nitrogen and oxygen atoms in total. The second kappa shape index (κ2) is 5.72. The molecule has 0 spiro atoms. The topological polar surface area (TPSA) is 21.1 Å². The van der Waals surface area contributed by atoms with Crippen LogP contribution in [0.3, 0.4) is 0 Å².